The molecule has 1 aliphatic rings. The van der Waals surface area contributed by atoms with Crippen LogP contribution in [0, 0.1) is 5.92 Å². The number of rotatable bonds is 5. The second-order valence-electron chi connectivity index (χ2n) is 5.13. The summed E-state index contributed by atoms with van der Waals surface area (Å²) in [5.74, 6) is 0.345. The maximum Gasteiger partial charge on any atom is 0.309 e. The van der Waals surface area contributed by atoms with E-state index in [-0.39, 0.29) is 17.9 Å². The Bertz CT molecular complexity index is 404. The molecule has 0 radical (unpaired) electrons. The van der Waals surface area contributed by atoms with Crippen LogP contribution in [0.2, 0.25) is 0 Å². The van der Waals surface area contributed by atoms with E-state index in [1.807, 2.05) is 19.9 Å². The van der Waals surface area contributed by atoms with E-state index in [0.717, 1.165) is 6.42 Å². The molecule has 1 aromatic rings. The molecule has 98 valence electrons. The summed E-state index contributed by atoms with van der Waals surface area (Å²) >= 11 is 0. The summed E-state index contributed by atoms with van der Waals surface area (Å²) < 4.78 is 4.77. The Hall–Kier alpha value is -1.35. The van der Waals surface area contributed by atoms with Crippen LogP contribution in [0.25, 0.3) is 0 Å². The predicted molar refractivity (Wildman–Crippen MR) is 71.4 cm³/mol. The van der Waals surface area contributed by atoms with E-state index in [9.17, 15) is 4.79 Å². The second kappa shape index (κ2) is 5.53. The monoisotopic (exact) mass is 247 g/mol. The third kappa shape index (κ3) is 2.91. The van der Waals surface area contributed by atoms with Crippen LogP contribution in [-0.4, -0.2) is 25.2 Å². The zero-order valence-corrected chi connectivity index (χ0v) is 11.2. The van der Waals surface area contributed by atoms with Gasteiger partial charge in [-0.3, -0.25) is 4.79 Å². The fourth-order valence-electron chi connectivity index (χ4n) is 2.32. The van der Waals surface area contributed by atoms with Gasteiger partial charge in [-0.15, -0.1) is 0 Å². The van der Waals surface area contributed by atoms with Crippen molar-refractivity contribution in [2.75, 3.05) is 7.11 Å². The zero-order valence-electron chi connectivity index (χ0n) is 11.2. The molecule has 3 heteroatoms. The van der Waals surface area contributed by atoms with E-state index in [1.54, 1.807) is 0 Å². The maximum atomic E-state index is 11.4. The highest BCUT2D eigenvalue weighted by molar-refractivity contribution is 5.72. The Balaban J connectivity index is 1.85. The highest BCUT2D eigenvalue weighted by atomic mass is 16.5. The number of carbonyl (C=O) groups excluding carboxylic acids is 1. The van der Waals surface area contributed by atoms with Gasteiger partial charge in [-0.1, -0.05) is 37.3 Å². The molecule has 1 saturated carbocycles. The van der Waals surface area contributed by atoms with Gasteiger partial charge in [0.05, 0.1) is 13.0 Å². The van der Waals surface area contributed by atoms with E-state index in [2.05, 4.69) is 29.6 Å². The van der Waals surface area contributed by atoms with Crippen LogP contribution in [0.3, 0.4) is 0 Å². The van der Waals surface area contributed by atoms with Gasteiger partial charge in [-0.05, 0) is 18.9 Å². The molecule has 4 unspecified atom stereocenters. The number of hydrogen-bond acceptors (Lipinski definition) is 3. The van der Waals surface area contributed by atoms with Gasteiger partial charge in [0.15, 0.2) is 0 Å². The van der Waals surface area contributed by atoms with Crippen LogP contribution < -0.4 is 5.32 Å². The normalized spacial score (nSPS) is 25.3. The molecule has 0 aromatic heterocycles. The van der Waals surface area contributed by atoms with Gasteiger partial charge in [0, 0.05) is 18.0 Å². The first-order valence-corrected chi connectivity index (χ1v) is 6.52. The first-order valence-electron chi connectivity index (χ1n) is 6.52. The molecule has 18 heavy (non-hydrogen) atoms. The number of hydrogen-bond donors (Lipinski definition) is 1. The van der Waals surface area contributed by atoms with Crippen molar-refractivity contribution in [1.82, 2.24) is 5.32 Å². The van der Waals surface area contributed by atoms with Crippen molar-refractivity contribution >= 4 is 5.97 Å². The third-order valence-corrected chi connectivity index (χ3v) is 3.82. The summed E-state index contributed by atoms with van der Waals surface area (Å²) in [6, 6.07) is 11.2. The minimum atomic E-state index is -0.146. The van der Waals surface area contributed by atoms with E-state index in [1.165, 1.54) is 12.7 Å². The number of carbonyl (C=O) groups is 1. The minimum absolute atomic E-state index is 0.105. The van der Waals surface area contributed by atoms with Crippen LogP contribution in [0.1, 0.15) is 31.7 Å². The van der Waals surface area contributed by atoms with Crippen molar-refractivity contribution in [3.8, 4) is 0 Å². The first kappa shape index (κ1) is 13.1. The number of nitrogens with one attached hydrogen (secondary N) is 1. The van der Waals surface area contributed by atoms with Crippen LogP contribution >= 0.6 is 0 Å². The summed E-state index contributed by atoms with van der Waals surface area (Å²) in [5.41, 5.74) is 1.38. The molecule has 3 nitrogen and oxygen atoms in total. The lowest BCUT2D eigenvalue weighted by Crippen LogP contribution is -2.38. The van der Waals surface area contributed by atoms with Crippen molar-refractivity contribution < 1.29 is 9.53 Å². The SMILES string of the molecule is COC(=O)C(C)C(C)NC1CC1c1ccccc1. The summed E-state index contributed by atoms with van der Waals surface area (Å²) in [4.78, 5) is 11.4. The van der Waals surface area contributed by atoms with Gasteiger partial charge in [-0.2, -0.15) is 0 Å². The fraction of sp³-hybridized carbons (Fsp3) is 0.533. The van der Waals surface area contributed by atoms with Gasteiger partial charge in [-0.25, -0.2) is 0 Å². The molecule has 0 amide bonds. The van der Waals surface area contributed by atoms with Gasteiger partial charge >= 0.3 is 5.97 Å². The topological polar surface area (TPSA) is 38.3 Å². The van der Waals surface area contributed by atoms with Crippen LogP contribution in [0.15, 0.2) is 30.3 Å². The van der Waals surface area contributed by atoms with Crippen molar-refractivity contribution in [1.29, 1.82) is 0 Å². The predicted octanol–water partition coefficient (Wildman–Crippen LogP) is 2.33. The summed E-state index contributed by atoms with van der Waals surface area (Å²) in [7, 11) is 1.44. The number of esters is 1. The first-order chi connectivity index (χ1) is 8.63. The smallest absolute Gasteiger partial charge is 0.309 e. The van der Waals surface area contributed by atoms with E-state index in [4.69, 9.17) is 4.74 Å². The molecule has 0 bridgehead atoms. The molecule has 0 heterocycles. The second-order valence-corrected chi connectivity index (χ2v) is 5.13. The molecule has 0 spiro atoms. The number of ether oxygens (including phenoxy) is 1. The van der Waals surface area contributed by atoms with E-state index >= 15 is 0 Å². The van der Waals surface area contributed by atoms with Crippen LogP contribution in [0.5, 0.6) is 0 Å². The largest absolute Gasteiger partial charge is 0.469 e. The third-order valence-electron chi connectivity index (χ3n) is 3.82. The van der Waals surface area contributed by atoms with Crippen molar-refractivity contribution in [2.24, 2.45) is 5.92 Å². The highest BCUT2D eigenvalue weighted by Crippen LogP contribution is 2.41. The van der Waals surface area contributed by atoms with Crippen molar-refractivity contribution in [2.45, 2.75) is 38.3 Å². The molecule has 1 fully saturated rings. The van der Waals surface area contributed by atoms with Gasteiger partial charge in [0.2, 0.25) is 0 Å². The molecule has 0 saturated heterocycles. The molecular weight excluding hydrogens is 226 g/mol. The lowest BCUT2D eigenvalue weighted by molar-refractivity contribution is -0.145. The average Bonchev–Trinajstić information content (AvgIpc) is 3.17. The molecule has 1 aromatic carbocycles. The molecule has 4 atom stereocenters. The molecule has 2 rings (SSSR count). The lowest BCUT2D eigenvalue weighted by atomic mass is 10.0. The quantitative estimate of drug-likeness (QED) is 0.812. The Kier molecular flexibility index (Phi) is 4.02. The Morgan fingerprint density at radius 2 is 2.00 bits per heavy atom. The number of methoxy groups -OCH3 is 1. The molecular formula is C15H21NO2. The molecule has 1 aliphatic carbocycles. The van der Waals surface area contributed by atoms with Crippen molar-refractivity contribution in [3.05, 3.63) is 35.9 Å². The molecule has 0 aliphatic heterocycles. The summed E-state index contributed by atoms with van der Waals surface area (Å²) in [5, 5.41) is 3.52. The standard InChI is InChI=1S/C15H21NO2/c1-10(15(17)18-3)11(2)16-14-9-13(14)12-7-5-4-6-8-12/h4-8,10-11,13-14,16H,9H2,1-3H3. The Labute approximate surface area is 109 Å². The van der Waals surface area contributed by atoms with E-state index in [0.29, 0.717) is 12.0 Å². The molecule has 1 N–H and O–H groups in total. The Morgan fingerprint density at radius 3 is 2.61 bits per heavy atom. The number of benzene rings is 1. The fourth-order valence-corrected chi connectivity index (χ4v) is 2.32. The van der Waals surface area contributed by atoms with Gasteiger partial charge in [0.25, 0.3) is 0 Å². The lowest BCUT2D eigenvalue weighted by Gasteiger charge is -2.19. The Morgan fingerprint density at radius 1 is 1.33 bits per heavy atom. The summed E-state index contributed by atoms with van der Waals surface area (Å²) in [6.45, 7) is 3.95. The average molecular weight is 247 g/mol. The minimum Gasteiger partial charge on any atom is -0.469 e. The zero-order chi connectivity index (χ0) is 13.1. The van der Waals surface area contributed by atoms with Gasteiger partial charge < -0.3 is 10.1 Å². The van der Waals surface area contributed by atoms with Crippen molar-refractivity contribution in [3.63, 3.8) is 0 Å². The van der Waals surface area contributed by atoms with Crippen LogP contribution in [-0.2, 0) is 9.53 Å². The van der Waals surface area contributed by atoms with E-state index < -0.39 is 0 Å². The summed E-state index contributed by atoms with van der Waals surface area (Å²) in [6.07, 6.45) is 1.16. The van der Waals surface area contributed by atoms with Gasteiger partial charge in [0.1, 0.15) is 0 Å². The van der Waals surface area contributed by atoms with Crippen LogP contribution in [0.4, 0.5) is 0 Å². The maximum absolute atomic E-state index is 11.4. The highest BCUT2D eigenvalue weighted by Gasteiger charge is 2.39.